The summed E-state index contributed by atoms with van der Waals surface area (Å²) in [4.78, 5) is 16.0. The van der Waals surface area contributed by atoms with Crippen LogP contribution in [0.5, 0.6) is 0 Å². The minimum Gasteiger partial charge on any atom is -0.452 e. The van der Waals surface area contributed by atoms with Crippen LogP contribution in [0.1, 0.15) is 16.1 Å². The van der Waals surface area contributed by atoms with Gasteiger partial charge >= 0.3 is 0 Å². The van der Waals surface area contributed by atoms with Crippen molar-refractivity contribution in [2.45, 2.75) is 0 Å². The smallest absolute Gasteiger partial charge is 0.261 e. The number of nitrogens with one attached hydrogen (secondary N) is 1. The summed E-state index contributed by atoms with van der Waals surface area (Å²) in [6.45, 7) is 0.253. The van der Waals surface area contributed by atoms with Gasteiger partial charge in [-0.25, -0.2) is 4.98 Å². The van der Waals surface area contributed by atoms with E-state index in [2.05, 4.69) is 22.1 Å². The largest absolute Gasteiger partial charge is 0.452 e. The number of nitrogens with two attached hydrogens (primary N) is 1. The van der Waals surface area contributed by atoms with Crippen LogP contribution in [0.25, 0.3) is 0 Å². The predicted octanol–water partition coefficient (Wildman–Crippen LogP) is 1.89. The number of hydrogen-bond acceptors (Lipinski definition) is 4. The van der Waals surface area contributed by atoms with E-state index in [1.165, 1.54) is 12.3 Å². The molecule has 0 aliphatic heterocycles. The van der Waals surface area contributed by atoms with Crippen LogP contribution < -0.4 is 11.1 Å². The molecule has 0 atom stereocenters. The third-order valence-corrected chi connectivity index (χ3v) is 2.46. The molecular weight excluding hydrogens is 266 g/mol. The van der Waals surface area contributed by atoms with Crippen molar-refractivity contribution < 1.29 is 9.21 Å². The number of aromatic nitrogens is 1. The molecule has 0 aliphatic rings. The number of furan rings is 1. The van der Waals surface area contributed by atoms with Gasteiger partial charge in [0.2, 0.25) is 5.22 Å². The molecule has 0 saturated heterocycles. The first-order valence-electron chi connectivity index (χ1n) is 5.41. The molecule has 6 heteroatoms. The minimum absolute atomic E-state index is 0.0385. The summed E-state index contributed by atoms with van der Waals surface area (Å²) < 4.78 is 4.85. The van der Waals surface area contributed by atoms with Gasteiger partial charge in [-0.1, -0.05) is 12.0 Å². The average molecular weight is 276 g/mol. The first-order chi connectivity index (χ1) is 9.20. The Bertz CT molecular complexity index is 655. The lowest BCUT2D eigenvalue weighted by molar-refractivity contribution is 0.102. The highest BCUT2D eigenvalue weighted by atomic mass is 35.5. The molecule has 2 heterocycles. The van der Waals surface area contributed by atoms with Gasteiger partial charge in [-0.05, 0) is 35.7 Å². The molecule has 3 N–H and O–H groups in total. The fourth-order valence-electron chi connectivity index (χ4n) is 1.35. The molecule has 5 nitrogen and oxygen atoms in total. The summed E-state index contributed by atoms with van der Waals surface area (Å²) in [6, 6.07) is 6.60. The number of carbonyl (C=O) groups is 1. The Morgan fingerprint density at radius 1 is 1.47 bits per heavy atom. The molecule has 0 bridgehead atoms. The average Bonchev–Trinajstić information content (AvgIpc) is 2.83. The van der Waals surface area contributed by atoms with Gasteiger partial charge in [0, 0.05) is 0 Å². The summed E-state index contributed by atoms with van der Waals surface area (Å²) in [7, 11) is 0. The fourth-order valence-corrected chi connectivity index (χ4v) is 1.56. The van der Waals surface area contributed by atoms with Crippen molar-refractivity contribution in [2.75, 3.05) is 11.9 Å². The zero-order valence-electron chi connectivity index (χ0n) is 9.81. The summed E-state index contributed by atoms with van der Waals surface area (Å²) in [6.07, 6.45) is 1.34. The molecule has 2 aromatic heterocycles. The van der Waals surface area contributed by atoms with Crippen LogP contribution in [0.15, 0.2) is 34.9 Å². The van der Waals surface area contributed by atoms with Crippen LogP contribution in [-0.2, 0) is 0 Å². The number of hydrogen-bond donors (Lipinski definition) is 2. The quantitative estimate of drug-likeness (QED) is 0.820. The maximum atomic E-state index is 11.9. The van der Waals surface area contributed by atoms with E-state index in [-0.39, 0.29) is 17.3 Å². The molecular formula is C13H10ClN3O2. The van der Waals surface area contributed by atoms with E-state index in [1.807, 2.05) is 0 Å². The Hall–Kier alpha value is -2.29. The van der Waals surface area contributed by atoms with Crippen molar-refractivity contribution in [3.05, 3.63) is 47.0 Å². The van der Waals surface area contributed by atoms with Crippen molar-refractivity contribution in [3.63, 3.8) is 0 Å². The number of rotatable bonds is 2. The van der Waals surface area contributed by atoms with E-state index in [9.17, 15) is 4.79 Å². The maximum Gasteiger partial charge on any atom is 0.261 e. The van der Waals surface area contributed by atoms with E-state index in [0.717, 1.165) is 0 Å². The van der Waals surface area contributed by atoms with Gasteiger partial charge in [0.25, 0.3) is 5.91 Å². The van der Waals surface area contributed by atoms with Crippen LogP contribution in [0.2, 0.25) is 5.22 Å². The lowest BCUT2D eigenvalue weighted by Crippen LogP contribution is -2.12. The first-order valence-corrected chi connectivity index (χ1v) is 5.79. The molecule has 96 valence electrons. The molecule has 1 amide bonds. The molecule has 0 aliphatic carbocycles. The number of nitrogens with zero attached hydrogens (tertiary/aromatic N) is 1. The number of halogens is 1. The number of carbonyl (C=O) groups excluding carboxylic acids is 1. The Kier molecular flexibility index (Phi) is 4.18. The van der Waals surface area contributed by atoms with E-state index in [4.69, 9.17) is 21.8 Å². The van der Waals surface area contributed by atoms with E-state index < -0.39 is 5.91 Å². The lowest BCUT2D eigenvalue weighted by atomic mass is 10.3. The maximum absolute atomic E-state index is 11.9. The molecule has 2 rings (SSSR count). The Morgan fingerprint density at radius 2 is 2.32 bits per heavy atom. The second-order valence-corrected chi connectivity index (χ2v) is 3.82. The number of pyridine rings is 1. The summed E-state index contributed by atoms with van der Waals surface area (Å²) in [5.41, 5.74) is 6.06. The van der Waals surface area contributed by atoms with Gasteiger partial charge in [-0.3, -0.25) is 4.79 Å². The second kappa shape index (κ2) is 6.05. The van der Waals surface area contributed by atoms with Crippen LogP contribution in [-0.4, -0.2) is 17.4 Å². The van der Waals surface area contributed by atoms with Crippen molar-refractivity contribution in [3.8, 4) is 11.8 Å². The van der Waals surface area contributed by atoms with Crippen LogP contribution >= 0.6 is 11.6 Å². The van der Waals surface area contributed by atoms with Gasteiger partial charge in [0.1, 0.15) is 11.5 Å². The summed E-state index contributed by atoms with van der Waals surface area (Å²) in [5.74, 6) is 5.46. The summed E-state index contributed by atoms with van der Waals surface area (Å²) in [5, 5.41) is 2.65. The molecule has 19 heavy (non-hydrogen) atoms. The topological polar surface area (TPSA) is 81.1 Å². The SMILES string of the molecule is NCC#Cc1cccc(NC(=O)c2ccoc2Cl)n1. The van der Waals surface area contributed by atoms with Crippen LogP contribution in [0.4, 0.5) is 5.82 Å². The third kappa shape index (κ3) is 3.35. The van der Waals surface area contributed by atoms with Crippen molar-refractivity contribution >= 4 is 23.3 Å². The summed E-state index contributed by atoms with van der Waals surface area (Å²) >= 11 is 5.72. The fraction of sp³-hybridized carbons (Fsp3) is 0.0769. The van der Waals surface area contributed by atoms with Crippen molar-refractivity contribution in [1.29, 1.82) is 0 Å². The zero-order valence-corrected chi connectivity index (χ0v) is 10.6. The van der Waals surface area contributed by atoms with E-state index in [0.29, 0.717) is 11.5 Å². The Morgan fingerprint density at radius 3 is 3.00 bits per heavy atom. The Labute approximate surface area is 114 Å². The molecule has 0 saturated carbocycles. The highest BCUT2D eigenvalue weighted by Gasteiger charge is 2.13. The van der Waals surface area contributed by atoms with E-state index >= 15 is 0 Å². The standard InChI is InChI=1S/C13H10ClN3O2/c14-12-10(6-8-19-12)13(18)17-11-5-1-3-9(16-11)4-2-7-15/h1,3,5-6,8H,7,15H2,(H,16,17,18). The molecule has 2 aromatic rings. The van der Waals surface area contributed by atoms with Gasteiger partial charge in [0.15, 0.2) is 0 Å². The molecule has 0 unspecified atom stereocenters. The van der Waals surface area contributed by atoms with Crippen LogP contribution in [0.3, 0.4) is 0 Å². The monoisotopic (exact) mass is 275 g/mol. The van der Waals surface area contributed by atoms with E-state index in [1.54, 1.807) is 18.2 Å². The van der Waals surface area contributed by atoms with Gasteiger partial charge in [0.05, 0.1) is 18.4 Å². The molecule has 0 spiro atoms. The molecule has 0 aromatic carbocycles. The second-order valence-electron chi connectivity index (χ2n) is 3.48. The van der Waals surface area contributed by atoms with Gasteiger partial charge in [-0.15, -0.1) is 0 Å². The third-order valence-electron chi connectivity index (χ3n) is 2.17. The highest BCUT2D eigenvalue weighted by molar-refractivity contribution is 6.32. The van der Waals surface area contributed by atoms with Gasteiger partial charge < -0.3 is 15.5 Å². The van der Waals surface area contributed by atoms with Crippen LogP contribution in [0, 0.1) is 11.8 Å². The highest BCUT2D eigenvalue weighted by Crippen LogP contribution is 2.17. The minimum atomic E-state index is -0.393. The number of anilines is 1. The zero-order chi connectivity index (χ0) is 13.7. The van der Waals surface area contributed by atoms with Gasteiger partial charge in [-0.2, -0.15) is 0 Å². The lowest BCUT2D eigenvalue weighted by Gasteiger charge is -2.03. The van der Waals surface area contributed by atoms with Crippen molar-refractivity contribution in [1.82, 2.24) is 4.98 Å². The molecule has 0 radical (unpaired) electrons. The predicted molar refractivity (Wildman–Crippen MR) is 71.8 cm³/mol. The first kappa shape index (κ1) is 13.1. The normalized spacial score (nSPS) is 9.58. The number of amides is 1. The Balaban J connectivity index is 2.15. The van der Waals surface area contributed by atoms with Crippen molar-refractivity contribution in [2.24, 2.45) is 5.73 Å². The molecule has 0 fully saturated rings.